The van der Waals surface area contributed by atoms with Gasteiger partial charge in [-0.3, -0.25) is 14.9 Å². The lowest BCUT2D eigenvalue weighted by Crippen LogP contribution is -2.24. The van der Waals surface area contributed by atoms with Crippen LogP contribution >= 0.6 is 0 Å². The maximum absolute atomic E-state index is 13.5. The van der Waals surface area contributed by atoms with E-state index in [9.17, 15) is 27.7 Å². The van der Waals surface area contributed by atoms with Crippen LogP contribution in [0.5, 0.6) is 0 Å². The molecular formula is C9H9FN4O5S. The van der Waals surface area contributed by atoms with Gasteiger partial charge in [-0.05, 0) is 6.07 Å². The van der Waals surface area contributed by atoms with Gasteiger partial charge in [0, 0.05) is 6.26 Å². The van der Waals surface area contributed by atoms with Gasteiger partial charge in [0.2, 0.25) is 0 Å². The van der Waals surface area contributed by atoms with Crippen molar-refractivity contribution in [3.8, 4) is 0 Å². The predicted molar refractivity (Wildman–Crippen MR) is 66.3 cm³/mol. The minimum atomic E-state index is -4.02. The first kappa shape index (κ1) is 15.5. The fourth-order valence-electron chi connectivity index (χ4n) is 1.33. The zero-order valence-corrected chi connectivity index (χ0v) is 10.8. The Kier molecular flexibility index (Phi) is 4.03. The largest absolute Gasteiger partial charge is 0.370 e. The Morgan fingerprint density at radius 2 is 1.95 bits per heavy atom. The van der Waals surface area contributed by atoms with Crippen LogP contribution < -0.4 is 11.5 Å². The topological polar surface area (TPSA) is 159 Å². The Morgan fingerprint density at radius 1 is 1.40 bits per heavy atom. The number of nitrogens with zero attached hydrogens (tertiary/aromatic N) is 2. The van der Waals surface area contributed by atoms with Crippen molar-refractivity contribution in [3.05, 3.63) is 33.6 Å². The van der Waals surface area contributed by atoms with Crippen LogP contribution in [0.15, 0.2) is 22.0 Å². The van der Waals surface area contributed by atoms with Crippen molar-refractivity contribution >= 4 is 27.4 Å². The van der Waals surface area contributed by atoms with Crippen molar-refractivity contribution in [2.75, 3.05) is 6.26 Å². The van der Waals surface area contributed by atoms with Gasteiger partial charge in [0.25, 0.3) is 11.6 Å². The van der Waals surface area contributed by atoms with Gasteiger partial charge in [0.15, 0.2) is 15.8 Å². The molecule has 0 heterocycles. The lowest BCUT2D eigenvalue weighted by molar-refractivity contribution is -0.385. The summed E-state index contributed by atoms with van der Waals surface area (Å²) >= 11 is 0. The number of sulfone groups is 1. The first-order chi connectivity index (χ1) is 9.04. The molecule has 1 amide bonds. The van der Waals surface area contributed by atoms with Crippen LogP contribution in [0.3, 0.4) is 0 Å². The normalized spacial score (nSPS) is 10.9. The van der Waals surface area contributed by atoms with Crippen LogP contribution in [0.2, 0.25) is 0 Å². The summed E-state index contributed by atoms with van der Waals surface area (Å²) in [5.41, 5.74) is 8.24. The van der Waals surface area contributed by atoms with Crippen LogP contribution in [-0.4, -0.2) is 31.5 Å². The fraction of sp³-hybridized carbons (Fsp3) is 0.111. The molecule has 0 saturated heterocycles. The zero-order valence-electron chi connectivity index (χ0n) is 10.0. The average Bonchev–Trinajstić information content (AvgIpc) is 2.25. The molecule has 0 aliphatic carbocycles. The number of benzene rings is 1. The molecule has 11 heteroatoms. The van der Waals surface area contributed by atoms with Gasteiger partial charge in [-0.15, -0.1) is 0 Å². The molecule has 0 aliphatic heterocycles. The second kappa shape index (κ2) is 5.21. The number of rotatable bonds is 3. The number of nitro benzene ring substituents is 1. The Bertz CT molecular complexity index is 724. The highest BCUT2D eigenvalue weighted by Gasteiger charge is 2.26. The van der Waals surface area contributed by atoms with Gasteiger partial charge >= 0.3 is 0 Å². The van der Waals surface area contributed by atoms with E-state index in [0.29, 0.717) is 18.4 Å². The molecule has 0 radical (unpaired) electrons. The van der Waals surface area contributed by atoms with Crippen molar-refractivity contribution in [2.24, 2.45) is 16.5 Å². The SMILES string of the molecule is CS(=O)(=O)c1cc(C(=O)N=C(N)N)c([N+](=O)[O-])cc1F. The summed E-state index contributed by atoms with van der Waals surface area (Å²) in [5.74, 6) is -3.27. The molecule has 4 N–H and O–H groups in total. The maximum atomic E-state index is 13.5. The predicted octanol–water partition coefficient (Wildman–Crippen LogP) is -0.449. The quantitative estimate of drug-likeness (QED) is 0.331. The van der Waals surface area contributed by atoms with Crippen LogP contribution in [-0.2, 0) is 9.84 Å². The highest BCUT2D eigenvalue weighted by molar-refractivity contribution is 7.90. The Morgan fingerprint density at radius 3 is 2.35 bits per heavy atom. The van der Waals surface area contributed by atoms with E-state index in [0.717, 1.165) is 0 Å². The highest BCUT2D eigenvalue weighted by Crippen LogP contribution is 2.26. The lowest BCUT2D eigenvalue weighted by Gasteiger charge is -2.04. The van der Waals surface area contributed by atoms with E-state index in [-0.39, 0.29) is 0 Å². The number of hydrogen-bond acceptors (Lipinski definition) is 5. The van der Waals surface area contributed by atoms with Gasteiger partial charge < -0.3 is 11.5 Å². The Balaban J connectivity index is 3.67. The molecule has 9 nitrogen and oxygen atoms in total. The zero-order chi connectivity index (χ0) is 15.7. The molecule has 0 bridgehead atoms. The number of amides is 1. The maximum Gasteiger partial charge on any atom is 0.287 e. The number of hydrogen-bond donors (Lipinski definition) is 2. The second-order valence-electron chi connectivity index (χ2n) is 3.67. The molecule has 0 spiro atoms. The van der Waals surface area contributed by atoms with E-state index in [1.165, 1.54) is 0 Å². The molecule has 0 saturated carbocycles. The van der Waals surface area contributed by atoms with Crippen molar-refractivity contribution < 1.29 is 22.5 Å². The summed E-state index contributed by atoms with van der Waals surface area (Å²) in [4.78, 5) is 23.5. The van der Waals surface area contributed by atoms with Crippen LogP contribution in [0, 0.1) is 15.9 Å². The Labute approximate surface area is 112 Å². The summed E-state index contributed by atoms with van der Waals surface area (Å²) in [7, 11) is -4.02. The molecule has 1 aromatic rings. The molecule has 0 fully saturated rings. The summed E-state index contributed by atoms with van der Waals surface area (Å²) in [6.45, 7) is 0. The number of carbonyl (C=O) groups is 1. The number of halogens is 1. The Hall–Kier alpha value is -2.56. The standard InChI is InChI=1S/C9H9FN4O5S/c1-20(18,19)7-2-4(8(15)13-9(11)12)6(14(16)17)3-5(7)10/h2-3H,1H3,(H4,11,12,13,15). The van der Waals surface area contributed by atoms with Gasteiger partial charge in [0.1, 0.15) is 16.3 Å². The van der Waals surface area contributed by atoms with Crippen LogP contribution in [0.1, 0.15) is 10.4 Å². The number of carbonyl (C=O) groups excluding carboxylic acids is 1. The first-order valence-corrected chi connectivity index (χ1v) is 6.75. The smallest absolute Gasteiger partial charge is 0.287 e. The molecule has 1 aromatic carbocycles. The molecule has 108 valence electrons. The number of nitro groups is 1. The molecule has 0 atom stereocenters. The van der Waals surface area contributed by atoms with Crippen molar-refractivity contribution in [2.45, 2.75) is 4.90 Å². The van der Waals surface area contributed by atoms with Crippen LogP contribution in [0.25, 0.3) is 0 Å². The lowest BCUT2D eigenvalue weighted by atomic mass is 10.1. The number of guanidine groups is 1. The van der Waals surface area contributed by atoms with Gasteiger partial charge in [-0.1, -0.05) is 0 Å². The van der Waals surface area contributed by atoms with Gasteiger partial charge in [-0.2, -0.15) is 4.99 Å². The van der Waals surface area contributed by atoms with E-state index in [2.05, 4.69) is 4.99 Å². The summed E-state index contributed by atoms with van der Waals surface area (Å²) in [6, 6.07) is 0.851. The molecule has 0 unspecified atom stereocenters. The van der Waals surface area contributed by atoms with Crippen LogP contribution in [0.4, 0.5) is 10.1 Å². The first-order valence-electron chi connectivity index (χ1n) is 4.86. The minimum absolute atomic E-state index is 0.325. The van der Waals surface area contributed by atoms with Crippen molar-refractivity contribution in [1.29, 1.82) is 0 Å². The summed E-state index contributed by atoms with van der Waals surface area (Å²) in [5, 5.41) is 10.8. The third kappa shape index (κ3) is 3.26. The summed E-state index contributed by atoms with van der Waals surface area (Å²) in [6.07, 6.45) is 0.687. The average molecular weight is 304 g/mol. The molecule has 20 heavy (non-hydrogen) atoms. The number of nitrogens with two attached hydrogens (primary N) is 2. The fourth-order valence-corrected chi connectivity index (χ4v) is 2.07. The summed E-state index contributed by atoms with van der Waals surface area (Å²) < 4.78 is 36.2. The molecular weight excluding hydrogens is 295 g/mol. The van der Waals surface area contributed by atoms with E-state index in [1.54, 1.807) is 0 Å². The third-order valence-corrected chi connectivity index (χ3v) is 3.22. The highest BCUT2D eigenvalue weighted by atomic mass is 32.2. The molecule has 0 aromatic heterocycles. The number of aliphatic imine (C=N–C) groups is 1. The van der Waals surface area contributed by atoms with Crippen molar-refractivity contribution in [3.63, 3.8) is 0 Å². The third-order valence-electron chi connectivity index (χ3n) is 2.11. The monoisotopic (exact) mass is 304 g/mol. The van der Waals surface area contributed by atoms with Gasteiger partial charge in [-0.25, -0.2) is 12.8 Å². The van der Waals surface area contributed by atoms with E-state index in [4.69, 9.17) is 11.5 Å². The van der Waals surface area contributed by atoms with E-state index in [1.807, 2.05) is 0 Å². The van der Waals surface area contributed by atoms with Crippen molar-refractivity contribution in [1.82, 2.24) is 0 Å². The minimum Gasteiger partial charge on any atom is -0.370 e. The van der Waals surface area contributed by atoms with E-state index >= 15 is 0 Å². The molecule has 0 aliphatic rings. The van der Waals surface area contributed by atoms with Gasteiger partial charge in [0.05, 0.1) is 11.0 Å². The second-order valence-corrected chi connectivity index (χ2v) is 5.66. The van der Waals surface area contributed by atoms with E-state index < -0.39 is 48.6 Å². The molecule has 1 rings (SSSR count).